The number of hydrogen-bond acceptors (Lipinski definition) is 7. The Balaban J connectivity index is 1.37. The summed E-state index contributed by atoms with van der Waals surface area (Å²) >= 11 is 1.38. The summed E-state index contributed by atoms with van der Waals surface area (Å²) in [4.78, 5) is 41.3. The van der Waals surface area contributed by atoms with E-state index in [0.717, 1.165) is 10.5 Å². The van der Waals surface area contributed by atoms with E-state index in [1.807, 2.05) is 73.7 Å². The van der Waals surface area contributed by atoms with Gasteiger partial charge in [0, 0.05) is 21.7 Å². The molecule has 0 bridgehead atoms. The van der Waals surface area contributed by atoms with Gasteiger partial charge in [-0.05, 0) is 85.3 Å². The summed E-state index contributed by atoms with van der Waals surface area (Å²) < 4.78 is 16.6. The minimum absolute atomic E-state index is 0.00277. The van der Waals surface area contributed by atoms with Gasteiger partial charge in [-0.15, -0.1) is 11.8 Å². The number of ether oxygens (including phenoxy) is 3. The molecular formula is C40H37N3O6S. The molecule has 0 radical (unpaired) electrons. The molecule has 50 heavy (non-hydrogen) atoms. The molecule has 10 heteroatoms. The van der Waals surface area contributed by atoms with Gasteiger partial charge in [0.2, 0.25) is 5.91 Å². The maximum atomic E-state index is 13.7. The van der Waals surface area contributed by atoms with E-state index >= 15 is 0 Å². The van der Waals surface area contributed by atoms with Crippen LogP contribution in [0, 0.1) is 0 Å². The number of carbonyl (C=O) groups is 3. The lowest BCUT2D eigenvalue weighted by Crippen LogP contribution is -2.30. The van der Waals surface area contributed by atoms with Crippen LogP contribution >= 0.6 is 11.8 Å². The lowest BCUT2D eigenvalue weighted by Gasteiger charge is -2.19. The van der Waals surface area contributed by atoms with Crippen LogP contribution in [0.2, 0.25) is 0 Å². The summed E-state index contributed by atoms with van der Waals surface area (Å²) in [5.74, 6) is 0.440. The zero-order valence-electron chi connectivity index (χ0n) is 27.8. The molecule has 0 heterocycles. The Labute approximate surface area is 295 Å². The lowest BCUT2D eigenvalue weighted by molar-refractivity contribution is -0.116. The van der Waals surface area contributed by atoms with Crippen LogP contribution in [0.4, 0.5) is 11.4 Å². The van der Waals surface area contributed by atoms with Crippen molar-refractivity contribution < 1.29 is 28.6 Å². The minimum Gasteiger partial charge on any atom is -0.497 e. The topological polar surface area (TPSA) is 115 Å². The third kappa shape index (κ3) is 9.33. The molecule has 0 saturated heterocycles. The predicted molar refractivity (Wildman–Crippen MR) is 198 cm³/mol. The smallest absolute Gasteiger partial charge is 0.272 e. The van der Waals surface area contributed by atoms with E-state index < -0.39 is 17.1 Å². The highest BCUT2D eigenvalue weighted by molar-refractivity contribution is 8.00. The van der Waals surface area contributed by atoms with E-state index in [1.165, 1.54) is 32.1 Å². The SMILES string of the molecule is CCOc1ccccc1NC(=O)C(Sc1ccc(NC(=O)/C(=C/c2cc(OC)ccc2OC)NC(=O)c2ccccc2)cc1)c1ccccc1. The van der Waals surface area contributed by atoms with Gasteiger partial charge >= 0.3 is 0 Å². The summed E-state index contributed by atoms with van der Waals surface area (Å²) in [7, 11) is 3.06. The van der Waals surface area contributed by atoms with Crippen molar-refractivity contribution in [2.24, 2.45) is 0 Å². The molecule has 0 aliphatic rings. The van der Waals surface area contributed by atoms with Crippen molar-refractivity contribution in [3.8, 4) is 17.2 Å². The zero-order valence-corrected chi connectivity index (χ0v) is 28.7. The molecule has 0 aliphatic heterocycles. The van der Waals surface area contributed by atoms with Gasteiger partial charge in [0.25, 0.3) is 11.8 Å². The Morgan fingerprint density at radius 3 is 2.10 bits per heavy atom. The third-order valence-corrected chi connectivity index (χ3v) is 8.68. The van der Waals surface area contributed by atoms with Crippen molar-refractivity contribution in [1.29, 1.82) is 0 Å². The second kappa shape index (κ2) is 17.4. The summed E-state index contributed by atoms with van der Waals surface area (Å²) in [5.41, 5.74) is 2.84. The minimum atomic E-state index is -0.577. The van der Waals surface area contributed by atoms with Crippen LogP contribution in [0.15, 0.2) is 138 Å². The molecule has 3 N–H and O–H groups in total. The van der Waals surface area contributed by atoms with Crippen LogP contribution in [0.25, 0.3) is 6.08 Å². The van der Waals surface area contributed by atoms with Gasteiger partial charge in [-0.1, -0.05) is 60.7 Å². The highest BCUT2D eigenvalue weighted by atomic mass is 32.2. The number of benzene rings is 5. The number of rotatable bonds is 14. The molecule has 0 saturated carbocycles. The molecule has 1 atom stereocenters. The third-order valence-electron chi connectivity index (χ3n) is 7.42. The number of thioether (sulfide) groups is 1. The van der Waals surface area contributed by atoms with E-state index in [9.17, 15) is 14.4 Å². The van der Waals surface area contributed by atoms with Crippen molar-refractivity contribution in [2.45, 2.75) is 17.1 Å². The lowest BCUT2D eigenvalue weighted by atomic mass is 10.1. The van der Waals surface area contributed by atoms with Gasteiger partial charge in [-0.25, -0.2) is 0 Å². The second-order valence-corrected chi connectivity index (χ2v) is 12.0. The molecule has 5 aromatic rings. The second-order valence-electron chi connectivity index (χ2n) is 10.8. The van der Waals surface area contributed by atoms with E-state index in [0.29, 0.717) is 46.4 Å². The maximum absolute atomic E-state index is 13.7. The fourth-order valence-electron chi connectivity index (χ4n) is 4.95. The molecule has 254 valence electrons. The number of nitrogens with one attached hydrogen (secondary N) is 3. The molecule has 5 rings (SSSR count). The van der Waals surface area contributed by atoms with E-state index in [4.69, 9.17) is 14.2 Å². The van der Waals surface area contributed by atoms with Crippen molar-refractivity contribution in [2.75, 3.05) is 31.5 Å². The number of methoxy groups -OCH3 is 2. The first-order valence-corrected chi connectivity index (χ1v) is 16.7. The standard InChI is InChI=1S/C40H37N3O6S/c1-4-49-36-18-12-11-17-33(36)42-40(46)37(27-13-7-5-8-14-27)50-32-22-19-30(20-23-32)41-39(45)34(43-38(44)28-15-9-6-10-16-28)26-29-25-31(47-2)21-24-35(29)48-3/h5-26,37H,4H2,1-3H3,(H,41,45)(H,42,46)(H,43,44)/b34-26-. The number of para-hydroxylation sites is 2. The highest BCUT2D eigenvalue weighted by Crippen LogP contribution is 2.37. The molecule has 0 fully saturated rings. The van der Waals surface area contributed by atoms with Gasteiger partial charge in [-0.3, -0.25) is 14.4 Å². The van der Waals surface area contributed by atoms with Gasteiger partial charge in [0.1, 0.15) is 28.2 Å². The zero-order chi connectivity index (χ0) is 35.3. The van der Waals surface area contributed by atoms with Crippen LogP contribution < -0.4 is 30.2 Å². The van der Waals surface area contributed by atoms with Crippen molar-refractivity contribution >= 4 is 46.9 Å². The average Bonchev–Trinajstić information content (AvgIpc) is 3.15. The molecule has 3 amide bonds. The van der Waals surface area contributed by atoms with Gasteiger partial charge in [0.05, 0.1) is 26.5 Å². The number of hydrogen-bond donors (Lipinski definition) is 3. The predicted octanol–water partition coefficient (Wildman–Crippen LogP) is 7.98. The average molecular weight is 688 g/mol. The van der Waals surface area contributed by atoms with Crippen molar-refractivity contribution in [3.63, 3.8) is 0 Å². The number of carbonyl (C=O) groups excluding carboxylic acids is 3. The molecule has 1 unspecified atom stereocenters. The Morgan fingerprint density at radius 1 is 0.740 bits per heavy atom. The van der Waals surface area contributed by atoms with Gasteiger partial charge in [0.15, 0.2) is 0 Å². The summed E-state index contributed by atoms with van der Waals surface area (Å²) in [6.45, 7) is 2.36. The fraction of sp³-hybridized carbons (Fsp3) is 0.125. The largest absolute Gasteiger partial charge is 0.497 e. The maximum Gasteiger partial charge on any atom is 0.272 e. The Morgan fingerprint density at radius 2 is 1.42 bits per heavy atom. The Bertz CT molecular complexity index is 1950. The van der Waals surface area contributed by atoms with Crippen LogP contribution in [-0.2, 0) is 9.59 Å². The first kappa shape index (κ1) is 35.3. The molecule has 9 nitrogen and oxygen atoms in total. The van der Waals surface area contributed by atoms with E-state index in [1.54, 1.807) is 60.7 Å². The molecule has 0 aliphatic carbocycles. The quantitative estimate of drug-likeness (QED) is 0.0801. The number of amides is 3. The monoisotopic (exact) mass is 687 g/mol. The highest BCUT2D eigenvalue weighted by Gasteiger charge is 2.23. The first-order chi connectivity index (χ1) is 24.4. The number of anilines is 2. The molecule has 0 spiro atoms. The van der Waals surface area contributed by atoms with Crippen LogP contribution in [0.1, 0.15) is 33.7 Å². The van der Waals surface area contributed by atoms with Crippen molar-refractivity contribution in [1.82, 2.24) is 5.32 Å². The summed E-state index contributed by atoms with van der Waals surface area (Å²) in [6, 6.07) is 37.8. The van der Waals surface area contributed by atoms with Crippen molar-refractivity contribution in [3.05, 3.63) is 150 Å². The van der Waals surface area contributed by atoms with Crippen LogP contribution in [-0.4, -0.2) is 38.5 Å². The molecular weight excluding hydrogens is 651 g/mol. The Hall–Kier alpha value is -6.00. The van der Waals surface area contributed by atoms with E-state index in [-0.39, 0.29) is 11.6 Å². The first-order valence-electron chi connectivity index (χ1n) is 15.8. The fourth-order valence-corrected chi connectivity index (χ4v) is 5.98. The van der Waals surface area contributed by atoms with Crippen LogP contribution in [0.5, 0.6) is 17.2 Å². The normalized spacial score (nSPS) is 11.5. The van der Waals surface area contributed by atoms with Gasteiger partial charge in [-0.2, -0.15) is 0 Å². The van der Waals surface area contributed by atoms with E-state index in [2.05, 4.69) is 16.0 Å². The van der Waals surface area contributed by atoms with Gasteiger partial charge < -0.3 is 30.2 Å². The molecule has 0 aromatic heterocycles. The van der Waals surface area contributed by atoms with Crippen LogP contribution in [0.3, 0.4) is 0 Å². The molecule has 5 aromatic carbocycles. The summed E-state index contributed by atoms with van der Waals surface area (Å²) in [5, 5.41) is 8.07. The Kier molecular flexibility index (Phi) is 12.3. The summed E-state index contributed by atoms with van der Waals surface area (Å²) in [6.07, 6.45) is 1.54.